The minimum atomic E-state index is -3.04. The number of aryl methyl sites for hydroxylation is 3. The van der Waals surface area contributed by atoms with Gasteiger partial charge in [0.25, 0.3) is 11.5 Å². The third-order valence-corrected chi connectivity index (χ3v) is 5.88. The average molecular weight is 489 g/mol. The molecular weight excluding hydrogens is 466 g/mol. The smallest absolute Gasteiger partial charge is 0.332 e. The van der Waals surface area contributed by atoms with Gasteiger partial charge in [-0.3, -0.25) is 18.5 Å². The number of imidazole rings is 1. The van der Waals surface area contributed by atoms with E-state index in [0.29, 0.717) is 24.4 Å². The van der Waals surface area contributed by atoms with Crippen LogP contribution < -0.4 is 16.0 Å². The van der Waals surface area contributed by atoms with E-state index in [-0.39, 0.29) is 28.5 Å². The molecule has 0 aliphatic carbocycles. The minimum absolute atomic E-state index is 0.0426. The second-order valence-electron chi connectivity index (χ2n) is 8.17. The zero-order valence-electron chi connectivity index (χ0n) is 18.9. The second kappa shape index (κ2) is 9.06. The number of nitrogens with zero attached hydrogens (tertiary/aromatic N) is 4. The molecule has 0 unspecified atom stereocenters. The Kier molecular flexibility index (Phi) is 6.31. The van der Waals surface area contributed by atoms with E-state index in [4.69, 9.17) is 16.3 Å². The molecule has 0 saturated carbocycles. The van der Waals surface area contributed by atoms with Crippen LogP contribution in [0.15, 0.2) is 58.1 Å². The lowest BCUT2D eigenvalue weighted by Gasteiger charge is -2.13. The van der Waals surface area contributed by atoms with Crippen molar-refractivity contribution in [1.82, 2.24) is 18.7 Å². The summed E-state index contributed by atoms with van der Waals surface area (Å²) in [5, 5.41) is 0.643. The standard InChI is InChI=1S/C24H23ClF2N4O3/c1-24(26,27)16-7-4-8-18(14-16)34-22-28-20-19(21(32)30(3)23(33)29(20)2)31(22)13-5-6-15-9-11-17(25)12-10-15/h4,7-12,14H,5-6,13H2,1-3H3. The molecule has 178 valence electrons. The van der Waals surface area contributed by atoms with Crippen molar-refractivity contribution >= 4 is 22.8 Å². The fourth-order valence-corrected chi connectivity index (χ4v) is 3.87. The summed E-state index contributed by atoms with van der Waals surface area (Å²) in [5.41, 5.74) is 0.177. The zero-order chi connectivity index (χ0) is 24.6. The molecule has 34 heavy (non-hydrogen) atoms. The predicted octanol–water partition coefficient (Wildman–Crippen LogP) is 4.62. The Balaban J connectivity index is 1.75. The highest BCUT2D eigenvalue weighted by molar-refractivity contribution is 6.30. The topological polar surface area (TPSA) is 71.1 Å². The van der Waals surface area contributed by atoms with E-state index in [2.05, 4.69) is 4.98 Å². The summed E-state index contributed by atoms with van der Waals surface area (Å²) in [6.07, 6.45) is 1.32. The molecule has 2 aromatic carbocycles. The molecule has 0 aliphatic rings. The summed E-state index contributed by atoms with van der Waals surface area (Å²) in [6, 6.07) is 13.0. The number of alkyl halides is 2. The van der Waals surface area contributed by atoms with Crippen molar-refractivity contribution in [3.63, 3.8) is 0 Å². The summed E-state index contributed by atoms with van der Waals surface area (Å²) in [6.45, 7) is 1.16. The molecule has 0 radical (unpaired) electrons. The summed E-state index contributed by atoms with van der Waals surface area (Å²) >= 11 is 5.95. The molecule has 0 amide bonds. The van der Waals surface area contributed by atoms with Crippen LogP contribution in [0.25, 0.3) is 11.2 Å². The van der Waals surface area contributed by atoms with Gasteiger partial charge in [-0.1, -0.05) is 35.9 Å². The zero-order valence-corrected chi connectivity index (χ0v) is 19.6. The summed E-state index contributed by atoms with van der Waals surface area (Å²) in [5.74, 6) is -2.90. The number of halogens is 3. The van der Waals surface area contributed by atoms with Gasteiger partial charge in [-0.15, -0.1) is 0 Å². The van der Waals surface area contributed by atoms with Crippen molar-refractivity contribution in [3.8, 4) is 11.8 Å². The van der Waals surface area contributed by atoms with Gasteiger partial charge in [0, 0.05) is 38.1 Å². The van der Waals surface area contributed by atoms with Crippen LogP contribution in [0.2, 0.25) is 5.02 Å². The summed E-state index contributed by atoms with van der Waals surface area (Å²) in [4.78, 5) is 29.8. The summed E-state index contributed by atoms with van der Waals surface area (Å²) < 4.78 is 37.3. The lowest BCUT2D eigenvalue weighted by Crippen LogP contribution is -2.37. The van der Waals surface area contributed by atoms with E-state index in [1.54, 1.807) is 16.7 Å². The van der Waals surface area contributed by atoms with Gasteiger partial charge in [-0.05, 0) is 42.7 Å². The highest BCUT2D eigenvalue weighted by Gasteiger charge is 2.25. The van der Waals surface area contributed by atoms with Crippen LogP contribution in [-0.4, -0.2) is 18.7 Å². The van der Waals surface area contributed by atoms with E-state index in [1.165, 1.54) is 42.9 Å². The second-order valence-corrected chi connectivity index (χ2v) is 8.61. The van der Waals surface area contributed by atoms with Crippen molar-refractivity contribution in [2.75, 3.05) is 0 Å². The van der Waals surface area contributed by atoms with Crippen LogP contribution in [0.3, 0.4) is 0 Å². The van der Waals surface area contributed by atoms with E-state index in [0.717, 1.165) is 17.1 Å². The molecule has 0 saturated heterocycles. The Hall–Kier alpha value is -3.46. The van der Waals surface area contributed by atoms with Gasteiger partial charge in [-0.25, -0.2) is 13.6 Å². The molecule has 10 heteroatoms. The highest BCUT2D eigenvalue weighted by atomic mass is 35.5. The maximum Gasteiger partial charge on any atom is 0.332 e. The quantitative estimate of drug-likeness (QED) is 0.380. The molecule has 7 nitrogen and oxygen atoms in total. The normalized spacial score (nSPS) is 11.8. The lowest BCUT2D eigenvalue weighted by molar-refractivity contribution is 0.0173. The van der Waals surface area contributed by atoms with Gasteiger partial charge >= 0.3 is 11.7 Å². The molecule has 0 aliphatic heterocycles. The van der Waals surface area contributed by atoms with Gasteiger partial charge in [-0.2, -0.15) is 4.98 Å². The largest absolute Gasteiger partial charge is 0.425 e. The Morgan fingerprint density at radius 1 is 1.06 bits per heavy atom. The SMILES string of the molecule is Cn1c(=O)c2c(nc(Oc3cccc(C(C)(F)F)c3)n2CCCc2ccc(Cl)cc2)n(C)c1=O. The number of hydrogen-bond acceptors (Lipinski definition) is 4. The number of aromatic nitrogens is 4. The summed E-state index contributed by atoms with van der Waals surface area (Å²) in [7, 11) is 2.90. The highest BCUT2D eigenvalue weighted by Crippen LogP contribution is 2.31. The van der Waals surface area contributed by atoms with Crippen LogP contribution in [-0.2, 0) is 33.0 Å². The Morgan fingerprint density at radius 3 is 2.44 bits per heavy atom. The number of benzene rings is 2. The van der Waals surface area contributed by atoms with E-state index < -0.39 is 17.2 Å². The van der Waals surface area contributed by atoms with Gasteiger partial charge in [0.05, 0.1) is 0 Å². The lowest BCUT2D eigenvalue weighted by atomic mass is 10.1. The fourth-order valence-electron chi connectivity index (χ4n) is 3.74. The maximum atomic E-state index is 13.8. The van der Waals surface area contributed by atoms with Gasteiger partial charge in [0.15, 0.2) is 11.2 Å². The number of ether oxygens (including phenoxy) is 1. The first kappa shape index (κ1) is 23.7. The number of rotatable bonds is 7. The van der Waals surface area contributed by atoms with Crippen LogP contribution in [0.4, 0.5) is 8.78 Å². The van der Waals surface area contributed by atoms with E-state index in [1.807, 2.05) is 12.1 Å². The first-order chi connectivity index (χ1) is 16.1. The Labute approximate surface area is 198 Å². The molecule has 2 aromatic heterocycles. The van der Waals surface area contributed by atoms with Crippen molar-refractivity contribution < 1.29 is 13.5 Å². The molecule has 2 heterocycles. The third-order valence-electron chi connectivity index (χ3n) is 5.62. The molecule has 4 aromatic rings. The van der Waals surface area contributed by atoms with E-state index in [9.17, 15) is 18.4 Å². The molecule has 0 bridgehead atoms. The van der Waals surface area contributed by atoms with Crippen LogP contribution >= 0.6 is 11.6 Å². The molecule has 0 spiro atoms. The van der Waals surface area contributed by atoms with Gasteiger partial charge < -0.3 is 4.74 Å². The average Bonchev–Trinajstić information content (AvgIpc) is 3.15. The molecule has 4 rings (SSSR count). The van der Waals surface area contributed by atoms with Crippen LogP contribution in [0.5, 0.6) is 11.8 Å². The van der Waals surface area contributed by atoms with Crippen molar-refractivity contribution in [2.24, 2.45) is 14.1 Å². The maximum absolute atomic E-state index is 13.8. The molecule has 0 N–H and O–H groups in total. The first-order valence-electron chi connectivity index (χ1n) is 10.6. The first-order valence-corrected chi connectivity index (χ1v) is 11.0. The molecule has 0 atom stereocenters. The molecular formula is C24H23ClF2N4O3. The third kappa shape index (κ3) is 4.61. The number of fused-ring (bicyclic) bond motifs is 1. The van der Waals surface area contributed by atoms with Gasteiger partial charge in [0.2, 0.25) is 0 Å². The van der Waals surface area contributed by atoms with Crippen LogP contribution in [0, 0.1) is 0 Å². The van der Waals surface area contributed by atoms with Crippen molar-refractivity contribution in [3.05, 3.63) is 85.5 Å². The molecule has 0 fully saturated rings. The van der Waals surface area contributed by atoms with Gasteiger partial charge in [0.1, 0.15) is 5.75 Å². The fraction of sp³-hybridized carbons (Fsp3) is 0.292. The number of hydrogen-bond donors (Lipinski definition) is 0. The van der Waals surface area contributed by atoms with Crippen molar-refractivity contribution in [1.29, 1.82) is 0 Å². The monoisotopic (exact) mass is 488 g/mol. The Morgan fingerprint density at radius 2 is 1.76 bits per heavy atom. The van der Waals surface area contributed by atoms with E-state index >= 15 is 0 Å². The minimum Gasteiger partial charge on any atom is -0.425 e. The predicted molar refractivity (Wildman–Crippen MR) is 126 cm³/mol. The van der Waals surface area contributed by atoms with Crippen molar-refractivity contribution in [2.45, 2.75) is 32.2 Å². The van der Waals surface area contributed by atoms with Crippen LogP contribution in [0.1, 0.15) is 24.5 Å². The Bertz CT molecular complexity index is 1470.